The molecule has 0 radical (unpaired) electrons. The van der Waals surface area contributed by atoms with Gasteiger partial charge in [0.25, 0.3) is 0 Å². The summed E-state index contributed by atoms with van der Waals surface area (Å²) in [6, 6.07) is 12.0. The van der Waals surface area contributed by atoms with Crippen LogP contribution in [-0.4, -0.2) is 12.3 Å². The van der Waals surface area contributed by atoms with E-state index in [1.807, 2.05) is 6.92 Å². The molecule has 0 saturated carbocycles. The summed E-state index contributed by atoms with van der Waals surface area (Å²) in [7, 11) is 0. The lowest BCUT2D eigenvalue weighted by Crippen LogP contribution is -2.15. The highest BCUT2D eigenvalue weighted by atomic mass is 79.9. The Morgan fingerprint density at radius 3 is 2.57 bits per heavy atom. The van der Waals surface area contributed by atoms with Crippen molar-refractivity contribution in [3.8, 4) is 0 Å². The molecule has 0 aliphatic heterocycles. The fourth-order valence-electron chi connectivity index (χ4n) is 1.98. The van der Waals surface area contributed by atoms with Crippen LogP contribution < -0.4 is 10.7 Å². The number of nitrogens with one attached hydrogen (secondary N) is 1. The van der Waals surface area contributed by atoms with Gasteiger partial charge in [-0.25, -0.2) is 0 Å². The number of hydrogen-bond acceptors (Lipinski definition) is 3. The van der Waals surface area contributed by atoms with E-state index in [1.165, 1.54) is 12.1 Å². The van der Waals surface area contributed by atoms with Crippen LogP contribution in [0, 0.1) is 0 Å². The molecule has 23 heavy (non-hydrogen) atoms. The Hall–Kier alpha value is -1.91. The molecule has 0 aromatic heterocycles. The van der Waals surface area contributed by atoms with Crippen molar-refractivity contribution in [3.05, 3.63) is 79.4 Å². The van der Waals surface area contributed by atoms with Gasteiger partial charge in [0.1, 0.15) is 0 Å². The van der Waals surface area contributed by atoms with Crippen molar-refractivity contribution < 1.29 is 4.79 Å². The van der Waals surface area contributed by atoms with Crippen LogP contribution in [0.25, 0.3) is 6.08 Å². The average molecular weight is 393 g/mol. The van der Waals surface area contributed by atoms with E-state index >= 15 is 0 Å². The topological polar surface area (TPSA) is 46.2 Å². The molecule has 0 heterocycles. The second-order valence-corrected chi connectivity index (χ2v) is 6.15. The lowest BCUT2D eigenvalue weighted by Gasteiger charge is -1.99. The van der Waals surface area contributed by atoms with Gasteiger partial charge in [0.15, 0.2) is 5.78 Å². The molecule has 0 amide bonds. The Kier molecular flexibility index (Phi) is 6.13. The van der Waals surface area contributed by atoms with Crippen LogP contribution in [0.1, 0.15) is 22.8 Å². The summed E-state index contributed by atoms with van der Waals surface area (Å²) in [6.07, 6.45) is 3.05. The zero-order chi connectivity index (χ0) is 16.8. The Bertz CT molecular complexity index is 801. The van der Waals surface area contributed by atoms with Gasteiger partial charge in [0, 0.05) is 16.0 Å². The summed E-state index contributed by atoms with van der Waals surface area (Å²) in [5.74, 6) is -0.346. The second-order valence-electron chi connectivity index (χ2n) is 4.80. The van der Waals surface area contributed by atoms with Crippen LogP contribution in [0.3, 0.4) is 0 Å². The monoisotopic (exact) mass is 391 g/mol. The third kappa shape index (κ3) is 4.78. The summed E-state index contributed by atoms with van der Waals surface area (Å²) in [4.78, 5) is 24.8. The van der Waals surface area contributed by atoms with Crippen LogP contribution in [0.15, 0.2) is 57.8 Å². The van der Waals surface area contributed by atoms with Gasteiger partial charge in [0.2, 0.25) is 5.43 Å². The molecule has 0 atom stereocenters. The van der Waals surface area contributed by atoms with Crippen molar-refractivity contribution in [2.24, 2.45) is 0 Å². The number of allylic oxidation sites excluding steroid dienone is 1. The van der Waals surface area contributed by atoms with Gasteiger partial charge < -0.3 is 5.32 Å². The summed E-state index contributed by atoms with van der Waals surface area (Å²) < 4.78 is 0.669. The standard InChI is InChI=1S/C18H15BrClNO2/c1-2-21-16-9-6-13(19)11-15(18(16)23)17(22)10-5-12-3-7-14(20)8-4-12/h3-11H,2H2,1H3,(H,21,23)/b10-5-. The Morgan fingerprint density at radius 2 is 1.91 bits per heavy atom. The van der Waals surface area contributed by atoms with E-state index in [0.717, 1.165) is 5.56 Å². The molecule has 2 aromatic rings. The number of carbonyl (C=O) groups is 1. The normalized spacial score (nSPS) is 10.7. The zero-order valence-corrected chi connectivity index (χ0v) is 14.8. The van der Waals surface area contributed by atoms with E-state index in [0.29, 0.717) is 21.7 Å². The molecule has 2 aromatic carbocycles. The molecular weight excluding hydrogens is 378 g/mol. The second kappa shape index (κ2) is 8.09. The first-order valence-electron chi connectivity index (χ1n) is 7.07. The van der Waals surface area contributed by atoms with Gasteiger partial charge in [0.05, 0.1) is 11.3 Å². The highest BCUT2D eigenvalue weighted by molar-refractivity contribution is 9.10. The number of rotatable bonds is 5. The fourth-order valence-corrected chi connectivity index (χ4v) is 2.47. The highest BCUT2D eigenvalue weighted by Crippen LogP contribution is 2.14. The number of hydrogen-bond donors (Lipinski definition) is 1. The molecule has 0 fully saturated rings. The van der Waals surface area contributed by atoms with E-state index in [9.17, 15) is 9.59 Å². The van der Waals surface area contributed by atoms with Gasteiger partial charge in [-0.1, -0.05) is 45.7 Å². The summed E-state index contributed by atoms with van der Waals surface area (Å²) in [6.45, 7) is 2.49. The minimum absolute atomic E-state index is 0.114. The van der Waals surface area contributed by atoms with Crippen molar-refractivity contribution in [2.75, 3.05) is 11.9 Å². The summed E-state index contributed by atoms with van der Waals surface area (Å²) in [5.41, 5.74) is 1.04. The van der Waals surface area contributed by atoms with Gasteiger partial charge in [-0.3, -0.25) is 9.59 Å². The number of anilines is 1. The lowest BCUT2D eigenvalue weighted by molar-refractivity contribution is 0.104. The number of halogens is 2. The minimum atomic E-state index is -0.346. The van der Waals surface area contributed by atoms with Crippen LogP contribution in [-0.2, 0) is 0 Å². The molecule has 118 valence electrons. The number of carbonyl (C=O) groups excluding carboxylic acids is 1. The van der Waals surface area contributed by atoms with Gasteiger partial charge in [-0.2, -0.15) is 0 Å². The quantitative estimate of drug-likeness (QED) is 0.588. The van der Waals surface area contributed by atoms with Crippen molar-refractivity contribution in [3.63, 3.8) is 0 Å². The lowest BCUT2D eigenvalue weighted by atomic mass is 10.1. The van der Waals surface area contributed by atoms with Crippen molar-refractivity contribution in [2.45, 2.75) is 6.92 Å². The molecule has 2 rings (SSSR count). The SMILES string of the molecule is CCNc1ccc(Br)cc(C(=O)/C=C\c2ccc(Cl)cc2)c1=O. The fraction of sp³-hybridized carbons (Fsp3) is 0.111. The molecule has 5 heteroatoms. The molecular formula is C18H15BrClNO2. The maximum atomic E-state index is 12.5. The van der Waals surface area contributed by atoms with Crippen LogP contribution >= 0.6 is 27.5 Å². The van der Waals surface area contributed by atoms with E-state index in [2.05, 4.69) is 21.2 Å². The first-order chi connectivity index (χ1) is 11.0. The average Bonchev–Trinajstić information content (AvgIpc) is 2.68. The van der Waals surface area contributed by atoms with E-state index in [4.69, 9.17) is 11.6 Å². The van der Waals surface area contributed by atoms with Crippen molar-refractivity contribution >= 4 is 45.1 Å². The minimum Gasteiger partial charge on any atom is -0.382 e. The predicted molar refractivity (Wildman–Crippen MR) is 99.4 cm³/mol. The predicted octanol–water partition coefficient (Wildman–Crippen LogP) is 4.79. The first kappa shape index (κ1) is 17.4. The van der Waals surface area contributed by atoms with E-state index in [-0.39, 0.29) is 16.8 Å². The smallest absolute Gasteiger partial charge is 0.212 e. The summed E-state index contributed by atoms with van der Waals surface area (Å²) in [5, 5.41) is 3.60. The van der Waals surface area contributed by atoms with Gasteiger partial charge >= 0.3 is 0 Å². The van der Waals surface area contributed by atoms with Crippen LogP contribution in [0.5, 0.6) is 0 Å². The van der Waals surface area contributed by atoms with Gasteiger partial charge in [-0.15, -0.1) is 0 Å². The molecule has 1 N–H and O–H groups in total. The van der Waals surface area contributed by atoms with Crippen molar-refractivity contribution in [1.82, 2.24) is 0 Å². The van der Waals surface area contributed by atoms with E-state index in [1.54, 1.807) is 42.5 Å². The van der Waals surface area contributed by atoms with Crippen LogP contribution in [0.4, 0.5) is 5.69 Å². The third-order valence-electron chi connectivity index (χ3n) is 3.11. The zero-order valence-electron chi connectivity index (χ0n) is 12.5. The Labute approximate surface area is 148 Å². The Balaban J connectivity index is 2.37. The van der Waals surface area contributed by atoms with E-state index < -0.39 is 0 Å². The first-order valence-corrected chi connectivity index (χ1v) is 8.24. The maximum absolute atomic E-state index is 12.5. The molecule has 0 unspecified atom stereocenters. The summed E-state index contributed by atoms with van der Waals surface area (Å²) >= 11 is 9.15. The number of ketones is 1. The molecule has 3 nitrogen and oxygen atoms in total. The third-order valence-corrected chi connectivity index (χ3v) is 3.86. The maximum Gasteiger partial charge on any atom is 0.212 e. The highest BCUT2D eigenvalue weighted by Gasteiger charge is 2.10. The molecule has 0 spiro atoms. The van der Waals surface area contributed by atoms with Crippen molar-refractivity contribution in [1.29, 1.82) is 0 Å². The molecule has 0 aliphatic rings. The molecule has 0 saturated heterocycles. The Morgan fingerprint density at radius 1 is 1.22 bits per heavy atom. The van der Waals surface area contributed by atoms with Gasteiger partial charge in [-0.05, 0) is 48.9 Å². The van der Waals surface area contributed by atoms with Crippen LogP contribution in [0.2, 0.25) is 5.02 Å². The largest absolute Gasteiger partial charge is 0.382 e. The molecule has 0 bridgehead atoms. The molecule has 0 aliphatic carbocycles. The number of benzene rings is 1.